The first-order chi connectivity index (χ1) is 8.46. The predicted octanol–water partition coefficient (Wildman–Crippen LogP) is 3.83. The van der Waals surface area contributed by atoms with Gasteiger partial charge in [-0.15, -0.1) is 0 Å². The Hall–Kier alpha value is -1.06. The Labute approximate surface area is 116 Å². The van der Waals surface area contributed by atoms with Crippen molar-refractivity contribution in [2.45, 2.75) is 26.8 Å². The Bertz CT molecular complexity index is 617. The maximum Gasteiger partial charge on any atom is 0.129 e. The van der Waals surface area contributed by atoms with Crippen LogP contribution in [0, 0.1) is 5.41 Å². The Kier molecular flexibility index (Phi) is 2.65. The van der Waals surface area contributed by atoms with Crippen LogP contribution in [0.1, 0.15) is 19.5 Å². The summed E-state index contributed by atoms with van der Waals surface area (Å²) in [5, 5.41) is 5.50. The standard InChI is InChI=1S/C13H13Cl2N3/c1-13(2)4-11-9(5-17-18(11)7-13)8-3-12(15)16-6-10(8)14/h3,5-6H,4,7H2,1-2H3. The van der Waals surface area contributed by atoms with E-state index in [0.717, 1.165) is 24.1 Å². The molecule has 0 atom stereocenters. The van der Waals surface area contributed by atoms with E-state index in [4.69, 9.17) is 23.2 Å². The fourth-order valence-corrected chi connectivity index (χ4v) is 2.86. The molecule has 0 saturated carbocycles. The first-order valence-electron chi connectivity index (χ1n) is 5.82. The second kappa shape index (κ2) is 3.97. The highest BCUT2D eigenvalue weighted by Gasteiger charge is 2.32. The van der Waals surface area contributed by atoms with Gasteiger partial charge in [0.2, 0.25) is 0 Å². The Balaban J connectivity index is 2.13. The zero-order valence-electron chi connectivity index (χ0n) is 10.2. The summed E-state index contributed by atoms with van der Waals surface area (Å²) >= 11 is 12.1. The number of aromatic nitrogens is 3. The van der Waals surface area contributed by atoms with Crippen LogP contribution in [-0.2, 0) is 13.0 Å². The second-order valence-electron chi connectivity index (χ2n) is 5.49. The van der Waals surface area contributed by atoms with Gasteiger partial charge in [-0.1, -0.05) is 37.0 Å². The van der Waals surface area contributed by atoms with E-state index in [1.54, 1.807) is 12.3 Å². The molecule has 0 N–H and O–H groups in total. The van der Waals surface area contributed by atoms with E-state index in [2.05, 4.69) is 28.6 Å². The average molecular weight is 282 g/mol. The third-order valence-electron chi connectivity index (χ3n) is 3.28. The summed E-state index contributed by atoms with van der Waals surface area (Å²) in [5.41, 5.74) is 3.46. The summed E-state index contributed by atoms with van der Waals surface area (Å²) in [6.45, 7) is 5.43. The van der Waals surface area contributed by atoms with Crippen LogP contribution in [0.25, 0.3) is 11.1 Å². The van der Waals surface area contributed by atoms with E-state index in [1.807, 2.05) is 6.20 Å². The molecule has 0 unspecified atom stereocenters. The number of nitrogens with zero attached hydrogens (tertiary/aromatic N) is 3. The molecule has 0 aromatic carbocycles. The van der Waals surface area contributed by atoms with Crippen LogP contribution in [0.3, 0.4) is 0 Å². The molecule has 1 aliphatic rings. The molecule has 0 aliphatic carbocycles. The van der Waals surface area contributed by atoms with Crippen molar-refractivity contribution in [1.82, 2.24) is 14.8 Å². The molecule has 0 spiro atoms. The first-order valence-corrected chi connectivity index (χ1v) is 6.58. The molecule has 0 bridgehead atoms. The van der Waals surface area contributed by atoms with E-state index < -0.39 is 0 Å². The maximum absolute atomic E-state index is 6.20. The summed E-state index contributed by atoms with van der Waals surface area (Å²) in [7, 11) is 0. The zero-order valence-corrected chi connectivity index (χ0v) is 11.8. The molecule has 2 aromatic heterocycles. The highest BCUT2D eigenvalue weighted by Crippen LogP contribution is 2.39. The number of fused-ring (bicyclic) bond motifs is 1. The largest absolute Gasteiger partial charge is 0.268 e. The molecular formula is C13H13Cl2N3. The third kappa shape index (κ3) is 1.91. The maximum atomic E-state index is 6.20. The van der Waals surface area contributed by atoms with Gasteiger partial charge in [-0.25, -0.2) is 4.98 Å². The van der Waals surface area contributed by atoms with E-state index in [9.17, 15) is 0 Å². The van der Waals surface area contributed by atoms with Crippen molar-refractivity contribution < 1.29 is 0 Å². The average Bonchev–Trinajstić information content (AvgIpc) is 2.77. The quantitative estimate of drug-likeness (QED) is 0.744. The fraction of sp³-hybridized carbons (Fsp3) is 0.385. The smallest absolute Gasteiger partial charge is 0.129 e. The van der Waals surface area contributed by atoms with Crippen LogP contribution in [0.15, 0.2) is 18.5 Å². The lowest BCUT2D eigenvalue weighted by atomic mass is 9.90. The minimum absolute atomic E-state index is 0.252. The van der Waals surface area contributed by atoms with Crippen molar-refractivity contribution in [1.29, 1.82) is 0 Å². The van der Waals surface area contributed by atoms with Crippen LogP contribution < -0.4 is 0 Å². The van der Waals surface area contributed by atoms with Crippen molar-refractivity contribution in [3.8, 4) is 11.1 Å². The van der Waals surface area contributed by atoms with Crippen LogP contribution in [-0.4, -0.2) is 14.8 Å². The number of rotatable bonds is 1. The van der Waals surface area contributed by atoms with E-state index >= 15 is 0 Å². The molecule has 0 fully saturated rings. The molecule has 1 aliphatic heterocycles. The lowest BCUT2D eigenvalue weighted by Gasteiger charge is -2.14. The fourth-order valence-electron chi connectivity index (χ4n) is 2.49. The number of halogens is 2. The van der Waals surface area contributed by atoms with Gasteiger partial charge < -0.3 is 0 Å². The van der Waals surface area contributed by atoms with Gasteiger partial charge in [0.25, 0.3) is 0 Å². The van der Waals surface area contributed by atoms with Gasteiger partial charge in [0, 0.05) is 29.6 Å². The normalized spacial score (nSPS) is 16.9. The Morgan fingerprint density at radius 1 is 1.22 bits per heavy atom. The van der Waals surface area contributed by atoms with Crippen molar-refractivity contribution in [2.75, 3.05) is 0 Å². The second-order valence-corrected chi connectivity index (χ2v) is 6.28. The van der Waals surface area contributed by atoms with Gasteiger partial charge in [0.1, 0.15) is 5.15 Å². The molecule has 0 amide bonds. The topological polar surface area (TPSA) is 30.7 Å². The van der Waals surface area contributed by atoms with Gasteiger partial charge >= 0.3 is 0 Å². The summed E-state index contributed by atoms with van der Waals surface area (Å²) in [5.74, 6) is 0. The van der Waals surface area contributed by atoms with Crippen molar-refractivity contribution in [2.24, 2.45) is 5.41 Å². The lowest BCUT2D eigenvalue weighted by molar-refractivity contribution is 0.347. The van der Waals surface area contributed by atoms with Gasteiger partial charge in [-0.2, -0.15) is 5.10 Å². The van der Waals surface area contributed by atoms with Gasteiger partial charge in [0.15, 0.2) is 0 Å². The van der Waals surface area contributed by atoms with E-state index in [0.29, 0.717) is 10.2 Å². The van der Waals surface area contributed by atoms with Crippen molar-refractivity contribution in [3.05, 3.63) is 34.3 Å². The van der Waals surface area contributed by atoms with Gasteiger partial charge in [0.05, 0.1) is 11.2 Å². The van der Waals surface area contributed by atoms with Crippen LogP contribution in [0.2, 0.25) is 10.2 Å². The number of hydrogen-bond donors (Lipinski definition) is 0. The molecular weight excluding hydrogens is 269 g/mol. The minimum Gasteiger partial charge on any atom is -0.268 e. The Morgan fingerprint density at radius 2 is 2.00 bits per heavy atom. The number of hydrogen-bond acceptors (Lipinski definition) is 2. The van der Waals surface area contributed by atoms with Crippen LogP contribution in [0.4, 0.5) is 0 Å². The molecule has 5 heteroatoms. The van der Waals surface area contributed by atoms with E-state index in [1.165, 1.54) is 5.69 Å². The molecule has 2 aromatic rings. The highest BCUT2D eigenvalue weighted by molar-refractivity contribution is 6.34. The lowest BCUT2D eigenvalue weighted by Crippen LogP contribution is -2.12. The SMILES string of the molecule is CC1(C)Cc2c(-c3cc(Cl)ncc3Cl)cnn2C1. The first kappa shape index (κ1) is 12.0. The molecule has 94 valence electrons. The molecule has 3 heterocycles. The zero-order chi connectivity index (χ0) is 12.9. The Morgan fingerprint density at radius 3 is 2.78 bits per heavy atom. The predicted molar refractivity (Wildman–Crippen MR) is 73.0 cm³/mol. The minimum atomic E-state index is 0.252. The summed E-state index contributed by atoms with van der Waals surface area (Å²) in [6, 6.07) is 1.80. The highest BCUT2D eigenvalue weighted by atomic mass is 35.5. The summed E-state index contributed by atoms with van der Waals surface area (Å²) < 4.78 is 2.06. The molecule has 18 heavy (non-hydrogen) atoms. The van der Waals surface area contributed by atoms with Crippen LogP contribution in [0.5, 0.6) is 0 Å². The van der Waals surface area contributed by atoms with Gasteiger partial charge in [-0.05, 0) is 17.9 Å². The molecule has 3 nitrogen and oxygen atoms in total. The van der Waals surface area contributed by atoms with E-state index in [-0.39, 0.29) is 5.41 Å². The van der Waals surface area contributed by atoms with Gasteiger partial charge in [-0.3, -0.25) is 4.68 Å². The van der Waals surface area contributed by atoms with Crippen molar-refractivity contribution >= 4 is 23.2 Å². The monoisotopic (exact) mass is 281 g/mol. The summed E-state index contributed by atoms with van der Waals surface area (Å²) in [6.07, 6.45) is 4.45. The molecule has 3 rings (SSSR count). The molecule has 0 saturated heterocycles. The van der Waals surface area contributed by atoms with Crippen molar-refractivity contribution in [3.63, 3.8) is 0 Å². The number of pyridine rings is 1. The molecule has 0 radical (unpaired) electrons. The van der Waals surface area contributed by atoms with Crippen LogP contribution >= 0.6 is 23.2 Å². The summed E-state index contributed by atoms with van der Waals surface area (Å²) in [4.78, 5) is 3.98. The third-order valence-corrected chi connectivity index (χ3v) is 3.79.